The largest absolute Gasteiger partial charge is 0.376 e. The molecular formula is C20H32N2O2. The minimum atomic E-state index is 0.175. The van der Waals surface area contributed by atoms with Crippen molar-refractivity contribution < 1.29 is 9.47 Å². The van der Waals surface area contributed by atoms with Gasteiger partial charge in [-0.25, -0.2) is 0 Å². The maximum atomic E-state index is 5.77. The molecule has 0 radical (unpaired) electrons. The summed E-state index contributed by atoms with van der Waals surface area (Å²) in [4.78, 5) is 7.01. The smallest absolute Gasteiger partial charge is 0.0936 e. The molecule has 24 heavy (non-hydrogen) atoms. The highest BCUT2D eigenvalue weighted by Gasteiger charge is 2.24. The van der Waals surface area contributed by atoms with Gasteiger partial charge in [0.25, 0.3) is 0 Å². The van der Waals surface area contributed by atoms with Gasteiger partial charge in [-0.1, -0.05) is 26.8 Å². The summed E-state index contributed by atoms with van der Waals surface area (Å²) < 4.78 is 11.3. The fourth-order valence-electron chi connectivity index (χ4n) is 3.65. The third-order valence-electron chi connectivity index (χ3n) is 5.24. The van der Waals surface area contributed by atoms with Gasteiger partial charge in [-0.05, 0) is 54.8 Å². The van der Waals surface area contributed by atoms with E-state index >= 15 is 0 Å². The number of rotatable bonds is 4. The van der Waals surface area contributed by atoms with Gasteiger partial charge in [0.15, 0.2) is 0 Å². The molecule has 0 aliphatic carbocycles. The molecule has 2 aliphatic rings. The molecule has 1 atom stereocenters. The first-order valence-corrected chi connectivity index (χ1v) is 9.37. The molecule has 2 aliphatic heterocycles. The van der Waals surface area contributed by atoms with Gasteiger partial charge < -0.3 is 14.4 Å². The van der Waals surface area contributed by atoms with Crippen LogP contribution in [0.1, 0.15) is 44.7 Å². The van der Waals surface area contributed by atoms with Gasteiger partial charge in [-0.15, -0.1) is 0 Å². The number of likely N-dealkylation sites (tertiary alicyclic amines) is 1. The Hall–Kier alpha value is -0.970. The van der Waals surface area contributed by atoms with Gasteiger partial charge in [-0.2, -0.15) is 0 Å². The van der Waals surface area contributed by atoms with Crippen LogP contribution in [0.25, 0.3) is 0 Å². The van der Waals surface area contributed by atoms with Crippen LogP contribution in [-0.2, 0) is 21.3 Å². The average Bonchev–Trinajstić information content (AvgIpc) is 2.57. The van der Waals surface area contributed by atoms with Crippen LogP contribution in [0.5, 0.6) is 0 Å². The van der Waals surface area contributed by atoms with Crippen LogP contribution < -0.4 is 0 Å². The zero-order valence-corrected chi connectivity index (χ0v) is 15.5. The van der Waals surface area contributed by atoms with Crippen molar-refractivity contribution in [3.8, 4) is 0 Å². The lowest BCUT2D eigenvalue weighted by Crippen LogP contribution is -2.43. The lowest BCUT2D eigenvalue weighted by molar-refractivity contribution is -0.0993. The van der Waals surface area contributed by atoms with Crippen LogP contribution in [0.15, 0.2) is 18.5 Å². The molecule has 0 N–H and O–H groups in total. The van der Waals surface area contributed by atoms with E-state index in [1.165, 1.54) is 37.1 Å². The first-order valence-electron chi connectivity index (χ1n) is 9.37. The Morgan fingerprint density at radius 3 is 2.62 bits per heavy atom. The Bertz CT molecular complexity index is 513. The maximum absolute atomic E-state index is 5.77. The Kier molecular flexibility index (Phi) is 5.90. The van der Waals surface area contributed by atoms with Gasteiger partial charge in [0, 0.05) is 18.9 Å². The molecular weight excluding hydrogens is 300 g/mol. The summed E-state index contributed by atoms with van der Waals surface area (Å²) in [6, 6.07) is 2.35. The SMILES string of the molecule is CC(C)(C)c1cncc(CC2CCN(CC3COCCO3)CC2)c1. The molecule has 0 spiro atoms. The Labute approximate surface area is 146 Å². The molecule has 4 nitrogen and oxygen atoms in total. The number of pyridine rings is 1. The van der Waals surface area contributed by atoms with Crippen molar-refractivity contribution >= 4 is 0 Å². The van der Waals surface area contributed by atoms with Gasteiger partial charge >= 0.3 is 0 Å². The van der Waals surface area contributed by atoms with Crippen molar-refractivity contribution in [2.45, 2.75) is 51.6 Å². The predicted molar refractivity (Wildman–Crippen MR) is 96.4 cm³/mol. The first kappa shape index (κ1) is 17.8. The monoisotopic (exact) mass is 332 g/mol. The zero-order valence-electron chi connectivity index (χ0n) is 15.5. The van der Waals surface area contributed by atoms with Gasteiger partial charge in [-0.3, -0.25) is 4.98 Å². The summed E-state index contributed by atoms with van der Waals surface area (Å²) in [5, 5.41) is 0. The van der Waals surface area contributed by atoms with Crippen molar-refractivity contribution in [3.05, 3.63) is 29.6 Å². The molecule has 0 saturated carbocycles. The third kappa shape index (κ3) is 5.01. The zero-order chi connectivity index (χ0) is 17.0. The van der Waals surface area contributed by atoms with E-state index in [0.29, 0.717) is 0 Å². The number of aromatic nitrogens is 1. The maximum Gasteiger partial charge on any atom is 0.0936 e. The summed E-state index contributed by atoms with van der Waals surface area (Å²) in [5.41, 5.74) is 2.91. The molecule has 4 heteroatoms. The number of piperidine rings is 1. The van der Waals surface area contributed by atoms with Crippen LogP contribution in [0.4, 0.5) is 0 Å². The highest BCUT2D eigenvalue weighted by Crippen LogP contribution is 2.25. The minimum absolute atomic E-state index is 0.175. The Morgan fingerprint density at radius 2 is 1.96 bits per heavy atom. The van der Waals surface area contributed by atoms with Crippen LogP contribution >= 0.6 is 0 Å². The van der Waals surface area contributed by atoms with Crippen molar-refractivity contribution in [1.29, 1.82) is 0 Å². The summed E-state index contributed by atoms with van der Waals surface area (Å²) >= 11 is 0. The second-order valence-corrected chi connectivity index (χ2v) is 8.35. The van der Waals surface area contributed by atoms with E-state index in [9.17, 15) is 0 Å². The van der Waals surface area contributed by atoms with E-state index in [-0.39, 0.29) is 11.5 Å². The third-order valence-corrected chi connectivity index (χ3v) is 5.24. The van der Waals surface area contributed by atoms with E-state index in [1.54, 1.807) is 0 Å². The van der Waals surface area contributed by atoms with Crippen LogP contribution in [0.2, 0.25) is 0 Å². The van der Waals surface area contributed by atoms with E-state index in [1.807, 2.05) is 6.20 Å². The predicted octanol–water partition coefficient (Wildman–Crippen LogP) is 3.05. The number of ether oxygens (including phenoxy) is 2. The molecule has 134 valence electrons. The highest BCUT2D eigenvalue weighted by atomic mass is 16.6. The second-order valence-electron chi connectivity index (χ2n) is 8.35. The van der Waals surface area contributed by atoms with E-state index in [0.717, 1.165) is 38.7 Å². The Morgan fingerprint density at radius 1 is 1.17 bits per heavy atom. The van der Waals surface area contributed by atoms with Gasteiger partial charge in [0.05, 0.1) is 25.9 Å². The molecule has 3 rings (SSSR count). The first-order chi connectivity index (χ1) is 11.5. The van der Waals surface area contributed by atoms with Crippen molar-refractivity contribution in [2.24, 2.45) is 5.92 Å². The lowest BCUT2D eigenvalue weighted by atomic mass is 9.85. The molecule has 1 unspecified atom stereocenters. The van der Waals surface area contributed by atoms with Crippen molar-refractivity contribution in [1.82, 2.24) is 9.88 Å². The molecule has 0 bridgehead atoms. The lowest BCUT2D eigenvalue weighted by Gasteiger charge is -2.35. The van der Waals surface area contributed by atoms with Gasteiger partial charge in [0.1, 0.15) is 0 Å². The van der Waals surface area contributed by atoms with E-state index in [4.69, 9.17) is 9.47 Å². The van der Waals surface area contributed by atoms with Crippen molar-refractivity contribution in [2.75, 3.05) is 39.5 Å². The highest BCUT2D eigenvalue weighted by molar-refractivity contribution is 5.24. The molecule has 2 saturated heterocycles. The number of nitrogens with zero attached hydrogens (tertiary/aromatic N) is 2. The minimum Gasteiger partial charge on any atom is -0.376 e. The molecule has 0 aromatic carbocycles. The van der Waals surface area contributed by atoms with E-state index < -0.39 is 0 Å². The summed E-state index contributed by atoms with van der Waals surface area (Å²) in [5.74, 6) is 0.779. The molecule has 3 heterocycles. The fourth-order valence-corrected chi connectivity index (χ4v) is 3.65. The van der Waals surface area contributed by atoms with E-state index in [2.05, 4.69) is 42.9 Å². The second kappa shape index (κ2) is 7.94. The topological polar surface area (TPSA) is 34.6 Å². The summed E-state index contributed by atoms with van der Waals surface area (Å²) in [6.45, 7) is 12.4. The summed E-state index contributed by atoms with van der Waals surface area (Å²) in [6.07, 6.45) is 8.03. The number of hydrogen-bond donors (Lipinski definition) is 0. The quantitative estimate of drug-likeness (QED) is 0.849. The van der Waals surface area contributed by atoms with Crippen LogP contribution in [-0.4, -0.2) is 55.4 Å². The molecule has 2 fully saturated rings. The Balaban J connectivity index is 1.47. The number of hydrogen-bond acceptors (Lipinski definition) is 4. The average molecular weight is 332 g/mol. The standard InChI is InChI=1S/C20H32N2O2/c1-20(2,3)18-11-17(12-21-13-18)10-16-4-6-22(7-5-16)14-19-15-23-8-9-24-19/h11-13,16,19H,4-10,14-15H2,1-3H3. The van der Waals surface area contributed by atoms with Gasteiger partial charge in [0.2, 0.25) is 0 Å². The molecule has 0 amide bonds. The van der Waals surface area contributed by atoms with Crippen LogP contribution in [0, 0.1) is 5.92 Å². The normalized spacial score (nSPS) is 24.2. The fraction of sp³-hybridized carbons (Fsp3) is 0.750. The summed E-state index contributed by atoms with van der Waals surface area (Å²) in [7, 11) is 0. The van der Waals surface area contributed by atoms with Crippen molar-refractivity contribution in [3.63, 3.8) is 0 Å². The molecule has 1 aromatic rings. The molecule has 1 aromatic heterocycles. The van der Waals surface area contributed by atoms with Crippen LogP contribution in [0.3, 0.4) is 0 Å².